The lowest BCUT2D eigenvalue weighted by Gasteiger charge is -2.01. The maximum atomic E-state index is 11.6. The largest absolute Gasteiger partial charge is 0.449 e. The number of benzene rings is 2. The third-order valence-corrected chi connectivity index (χ3v) is 2.89. The summed E-state index contributed by atoms with van der Waals surface area (Å²) in [5.41, 5.74) is 1.68. The molecule has 112 valence electrons. The van der Waals surface area contributed by atoms with Gasteiger partial charge < -0.3 is 9.47 Å². The molecule has 2 aromatic rings. The SMILES string of the molecule is O=C(OCC#CCCOCc1ccccc1)c1ccccc1. The van der Waals surface area contributed by atoms with Crippen molar-refractivity contribution in [3.05, 3.63) is 71.8 Å². The van der Waals surface area contributed by atoms with E-state index in [2.05, 4.69) is 11.8 Å². The molecule has 0 spiro atoms. The van der Waals surface area contributed by atoms with E-state index in [9.17, 15) is 4.79 Å². The summed E-state index contributed by atoms with van der Waals surface area (Å²) in [5, 5.41) is 0. The first-order valence-electron chi connectivity index (χ1n) is 7.16. The zero-order valence-corrected chi connectivity index (χ0v) is 12.3. The van der Waals surface area contributed by atoms with Crippen LogP contribution in [0.15, 0.2) is 60.7 Å². The molecule has 0 radical (unpaired) electrons. The Hall–Kier alpha value is -2.57. The molecule has 0 N–H and O–H groups in total. The molecule has 3 heteroatoms. The van der Waals surface area contributed by atoms with Crippen LogP contribution in [0.25, 0.3) is 0 Å². The van der Waals surface area contributed by atoms with Gasteiger partial charge in [0.25, 0.3) is 0 Å². The van der Waals surface area contributed by atoms with Crippen molar-refractivity contribution in [3.8, 4) is 11.8 Å². The molecular weight excluding hydrogens is 276 g/mol. The van der Waals surface area contributed by atoms with Gasteiger partial charge in [-0.05, 0) is 17.7 Å². The topological polar surface area (TPSA) is 35.5 Å². The zero-order valence-electron chi connectivity index (χ0n) is 12.3. The molecule has 0 aliphatic rings. The summed E-state index contributed by atoms with van der Waals surface area (Å²) < 4.78 is 10.6. The van der Waals surface area contributed by atoms with Crippen molar-refractivity contribution in [1.82, 2.24) is 0 Å². The quantitative estimate of drug-likeness (QED) is 0.465. The van der Waals surface area contributed by atoms with Crippen LogP contribution in [-0.4, -0.2) is 19.2 Å². The van der Waals surface area contributed by atoms with E-state index < -0.39 is 0 Å². The molecule has 0 amide bonds. The summed E-state index contributed by atoms with van der Waals surface area (Å²) in [5.74, 6) is 5.39. The number of hydrogen-bond donors (Lipinski definition) is 0. The van der Waals surface area contributed by atoms with E-state index in [0.717, 1.165) is 5.56 Å². The van der Waals surface area contributed by atoms with Gasteiger partial charge in [0, 0.05) is 6.42 Å². The molecule has 0 aliphatic heterocycles. The molecule has 0 saturated heterocycles. The number of esters is 1. The Morgan fingerprint density at radius 1 is 0.909 bits per heavy atom. The van der Waals surface area contributed by atoms with Crippen LogP contribution in [0.3, 0.4) is 0 Å². The molecule has 2 aromatic carbocycles. The molecule has 0 unspecified atom stereocenters. The maximum absolute atomic E-state index is 11.6. The molecule has 22 heavy (non-hydrogen) atoms. The first kappa shape index (κ1) is 15.8. The van der Waals surface area contributed by atoms with Gasteiger partial charge in [-0.3, -0.25) is 0 Å². The molecule has 0 atom stereocenters. The molecule has 0 aliphatic carbocycles. The summed E-state index contributed by atoms with van der Waals surface area (Å²) in [4.78, 5) is 11.6. The van der Waals surface area contributed by atoms with Crippen LogP contribution >= 0.6 is 0 Å². The minimum absolute atomic E-state index is 0.104. The third-order valence-electron chi connectivity index (χ3n) is 2.89. The van der Waals surface area contributed by atoms with Gasteiger partial charge in [-0.2, -0.15) is 0 Å². The Kier molecular flexibility index (Phi) is 6.74. The summed E-state index contributed by atoms with van der Waals surface area (Å²) in [6.07, 6.45) is 0.621. The van der Waals surface area contributed by atoms with Crippen molar-refractivity contribution in [2.24, 2.45) is 0 Å². The van der Waals surface area contributed by atoms with E-state index in [-0.39, 0.29) is 12.6 Å². The second-order valence-electron chi connectivity index (χ2n) is 4.58. The molecule has 0 bridgehead atoms. The molecule has 0 aromatic heterocycles. The van der Waals surface area contributed by atoms with Crippen LogP contribution < -0.4 is 0 Å². The average Bonchev–Trinajstić information content (AvgIpc) is 2.59. The van der Waals surface area contributed by atoms with Crippen molar-refractivity contribution in [2.45, 2.75) is 13.0 Å². The number of hydrogen-bond acceptors (Lipinski definition) is 3. The first-order chi connectivity index (χ1) is 10.9. The summed E-state index contributed by atoms with van der Waals surface area (Å²) in [7, 11) is 0. The van der Waals surface area contributed by atoms with Crippen LogP contribution in [-0.2, 0) is 16.1 Å². The van der Waals surface area contributed by atoms with Gasteiger partial charge in [-0.25, -0.2) is 4.79 Å². The average molecular weight is 294 g/mol. The monoisotopic (exact) mass is 294 g/mol. The minimum Gasteiger partial charge on any atom is -0.449 e. The fraction of sp³-hybridized carbons (Fsp3) is 0.211. The second kappa shape index (κ2) is 9.38. The highest BCUT2D eigenvalue weighted by Crippen LogP contribution is 2.01. The number of carbonyl (C=O) groups excluding carboxylic acids is 1. The Labute approximate surface area is 130 Å². The summed E-state index contributed by atoms with van der Waals surface area (Å²) >= 11 is 0. The van der Waals surface area contributed by atoms with Gasteiger partial charge in [-0.1, -0.05) is 60.4 Å². The fourth-order valence-electron chi connectivity index (χ4n) is 1.79. The van der Waals surface area contributed by atoms with Crippen molar-refractivity contribution < 1.29 is 14.3 Å². The lowest BCUT2D eigenvalue weighted by molar-refractivity contribution is 0.0556. The lowest BCUT2D eigenvalue weighted by Crippen LogP contribution is -2.04. The van der Waals surface area contributed by atoms with E-state index in [0.29, 0.717) is 25.2 Å². The van der Waals surface area contributed by atoms with Crippen LogP contribution in [0, 0.1) is 11.8 Å². The van der Waals surface area contributed by atoms with Gasteiger partial charge in [0.15, 0.2) is 6.61 Å². The van der Waals surface area contributed by atoms with E-state index in [1.54, 1.807) is 24.3 Å². The van der Waals surface area contributed by atoms with E-state index in [1.807, 2.05) is 36.4 Å². The predicted molar refractivity (Wildman–Crippen MR) is 85.2 cm³/mol. The number of rotatable bonds is 6. The standard InChI is InChI=1S/C19H18O3/c20-19(18-12-6-2-7-13-18)22-15-9-3-8-14-21-16-17-10-4-1-5-11-17/h1-2,4-7,10-13H,8,14-16H2. The highest BCUT2D eigenvalue weighted by molar-refractivity contribution is 5.89. The van der Waals surface area contributed by atoms with Crippen LogP contribution in [0.5, 0.6) is 0 Å². The van der Waals surface area contributed by atoms with Crippen molar-refractivity contribution in [2.75, 3.05) is 13.2 Å². The van der Waals surface area contributed by atoms with E-state index >= 15 is 0 Å². The zero-order chi connectivity index (χ0) is 15.5. The van der Waals surface area contributed by atoms with Gasteiger partial charge in [0.1, 0.15) is 0 Å². The highest BCUT2D eigenvalue weighted by Gasteiger charge is 2.03. The number of ether oxygens (including phenoxy) is 2. The Morgan fingerprint density at radius 3 is 2.32 bits per heavy atom. The highest BCUT2D eigenvalue weighted by atomic mass is 16.5. The van der Waals surface area contributed by atoms with Gasteiger partial charge in [0.05, 0.1) is 18.8 Å². The summed E-state index contributed by atoms with van der Waals surface area (Å²) in [6, 6.07) is 18.9. The van der Waals surface area contributed by atoms with Crippen molar-refractivity contribution >= 4 is 5.97 Å². The molecule has 0 saturated carbocycles. The Morgan fingerprint density at radius 2 is 1.59 bits per heavy atom. The number of carbonyl (C=O) groups is 1. The fourth-order valence-corrected chi connectivity index (χ4v) is 1.79. The summed E-state index contributed by atoms with van der Waals surface area (Å²) in [6.45, 7) is 1.26. The van der Waals surface area contributed by atoms with E-state index in [4.69, 9.17) is 9.47 Å². The Balaban J connectivity index is 1.57. The maximum Gasteiger partial charge on any atom is 0.339 e. The first-order valence-corrected chi connectivity index (χ1v) is 7.16. The minimum atomic E-state index is -0.352. The molecule has 3 nitrogen and oxygen atoms in total. The van der Waals surface area contributed by atoms with Crippen LogP contribution in [0.1, 0.15) is 22.3 Å². The molecule has 0 heterocycles. The van der Waals surface area contributed by atoms with E-state index in [1.165, 1.54) is 0 Å². The molecular formula is C19H18O3. The smallest absolute Gasteiger partial charge is 0.339 e. The van der Waals surface area contributed by atoms with Gasteiger partial charge >= 0.3 is 5.97 Å². The lowest BCUT2D eigenvalue weighted by atomic mass is 10.2. The second-order valence-corrected chi connectivity index (χ2v) is 4.58. The van der Waals surface area contributed by atoms with Crippen LogP contribution in [0.2, 0.25) is 0 Å². The predicted octanol–water partition coefficient (Wildman–Crippen LogP) is 3.45. The normalized spacial score (nSPS) is 9.64. The Bertz CT molecular complexity index is 624. The van der Waals surface area contributed by atoms with Gasteiger partial charge in [0.2, 0.25) is 0 Å². The molecule has 2 rings (SSSR count). The molecule has 0 fully saturated rings. The van der Waals surface area contributed by atoms with Gasteiger partial charge in [-0.15, -0.1) is 0 Å². The van der Waals surface area contributed by atoms with Crippen molar-refractivity contribution in [3.63, 3.8) is 0 Å². The van der Waals surface area contributed by atoms with Crippen LogP contribution in [0.4, 0.5) is 0 Å². The third kappa shape index (κ3) is 5.82. The van der Waals surface area contributed by atoms with Crippen molar-refractivity contribution in [1.29, 1.82) is 0 Å².